The Labute approximate surface area is 288 Å². The molecule has 2 nitrogen and oxygen atoms in total. The van der Waals surface area contributed by atoms with E-state index < -0.39 is 0 Å². The van der Waals surface area contributed by atoms with E-state index in [2.05, 4.69) is 176 Å². The molecule has 0 heterocycles. The molecular weight excluding hydrogens is 593 g/mol. The summed E-state index contributed by atoms with van der Waals surface area (Å²) in [5.74, 6) is 0. The molecule has 0 amide bonds. The van der Waals surface area contributed by atoms with E-state index in [-0.39, 0.29) is 5.41 Å². The SMILES string of the molecule is CC1(C)c2ccccc2-c2c(Nc3ccc4ccccc4c3)cc(N(c3ccccc3)c3ccc4ccccc4c3)cc21.c1ccccc1. The average Bonchev–Trinajstić information content (AvgIpc) is 3.39. The number of para-hydroxylation sites is 1. The van der Waals surface area contributed by atoms with Gasteiger partial charge in [-0.25, -0.2) is 0 Å². The van der Waals surface area contributed by atoms with E-state index >= 15 is 0 Å². The summed E-state index contributed by atoms with van der Waals surface area (Å²) < 4.78 is 0. The highest BCUT2D eigenvalue weighted by molar-refractivity contribution is 5.97. The van der Waals surface area contributed by atoms with E-state index in [1.165, 1.54) is 43.8 Å². The van der Waals surface area contributed by atoms with E-state index in [0.717, 1.165) is 28.4 Å². The lowest BCUT2D eigenvalue weighted by Gasteiger charge is -2.29. The van der Waals surface area contributed by atoms with Crippen molar-refractivity contribution in [2.75, 3.05) is 10.2 Å². The molecule has 9 rings (SSSR count). The van der Waals surface area contributed by atoms with Gasteiger partial charge >= 0.3 is 0 Å². The van der Waals surface area contributed by atoms with Crippen LogP contribution in [-0.2, 0) is 5.41 Å². The highest BCUT2D eigenvalue weighted by Gasteiger charge is 2.37. The van der Waals surface area contributed by atoms with E-state index in [9.17, 15) is 0 Å². The minimum atomic E-state index is -0.145. The number of nitrogens with zero attached hydrogens (tertiary/aromatic N) is 1. The highest BCUT2D eigenvalue weighted by atomic mass is 15.1. The second-order valence-corrected chi connectivity index (χ2v) is 13.1. The summed E-state index contributed by atoms with van der Waals surface area (Å²) in [6, 6.07) is 66.8. The lowest BCUT2D eigenvalue weighted by atomic mass is 9.82. The fourth-order valence-electron chi connectivity index (χ4n) is 7.18. The van der Waals surface area contributed by atoms with Gasteiger partial charge in [-0.1, -0.05) is 153 Å². The molecule has 0 aliphatic heterocycles. The Kier molecular flexibility index (Phi) is 7.91. The van der Waals surface area contributed by atoms with Crippen molar-refractivity contribution in [3.8, 4) is 11.1 Å². The van der Waals surface area contributed by atoms with E-state index in [1.54, 1.807) is 0 Å². The third-order valence-corrected chi connectivity index (χ3v) is 9.63. The molecule has 2 heteroatoms. The zero-order valence-electron chi connectivity index (χ0n) is 27.8. The quantitative estimate of drug-likeness (QED) is 0.204. The van der Waals surface area contributed by atoms with Crippen LogP contribution in [0.1, 0.15) is 25.0 Å². The topological polar surface area (TPSA) is 15.3 Å². The number of fused-ring (bicyclic) bond motifs is 5. The molecule has 0 radical (unpaired) electrons. The maximum atomic E-state index is 3.88. The largest absolute Gasteiger partial charge is 0.355 e. The minimum Gasteiger partial charge on any atom is -0.355 e. The normalized spacial score (nSPS) is 12.4. The van der Waals surface area contributed by atoms with Crippen LogP contribution in [0, 0.1) is 0 Å². The van der Waals surface area contributed by atoms with Gasteiger partial charge < -0.3 is 10.2 Å². The Bertz CT molecular complexity index is 2370. The molecule has 49 heavy (non-hydrogen) atoms. The number of benzene rings is 8. The van der Waals surface area contributed by atoms with Gasteiger partial charge in [-0.15, -0.1) is 0 Å². The second kappa shape index (κ2) is 12.8. The van der Waals surface area contributed by atoms with Crippen LogP contribution in [0.3, 0.4) is 0 Å². The summed E-state index contributed by atoms with van der Waals surface area (Å²) in [7, 11) is 0. The zero-order valence-corrected chi connectivity index (χ0v) is 27.8. The first-order chi connectivity index (χ1) is 24.1. The van der Waals surface area contributed by atoms with Crippen LogP contribution in [0.5, 0.6) is 0 Å². The van der Waals surface area contributed by atoms with Crippen molar-refractivity contribution in [2.24, 2.45) is 0 Å². The molecule has 0 atom stereocenters. The number of nitrogens with one attached hydrogen (secondary N) is 1. The monoisotopic (exact) mass is 630 g/mol. The predicted molar refractivity (Wildman–Crippen MR) is 210 cm³/mol. The zero-order chi connectivity index (χ0) is 33.2. The third-order valence-electron chi connectivity index (χ3n) is 9.63. The first-order valence-corrected chi connectivity index (χ1v) is 16.9. The molecule has 8 aromatic carbocycles. The highest BCUT2D eigenvalue weighted by Crippen LogP contribution is 2.54. The Morgan fingerprint density at radius 3 is 1.65 bits per heavy atom. The fraction of sp³-hybridized carbons (Fsp3) is 0.0638. The molecule has 1 aliphatic rings. The summed E-state index contributed by atoms with van der Waals surface area (Å²) in [5.41, 5.74) is 10.7. The molecule has 0 aromatic heterocycles. The minimum absolute atomic E-state index is 0.145. The molecule has 0 bridgehead atoms. The van der Waals surface area contributed by atoms with Crippen LogP contribution >= 0.6 is 0 Å². The summed E-state index contributed by atoms with van der Waals surface area (Å²) >= 11 is 0. The maximum Gasteiger partial charge on any atom is 0.0488 e. The molecule has 1 aliphatic carbocycles. The van der Waals surface area contributed by atoms with Crippen LogP contribution in [0.4, 0.5) is 28.4 Å². The molecule has 1 N–H and O–H groups in total. The first kappa shape index (κ1) is 30.2. The van der Waals surface area contributed by atoms with Gasteiger partial charge in [0.15, 0.2) is 0 Å². The van der Waals surface area contributed by atoms with Crippen molar-refractivity contribution >= 4 is 50.0 Å². The van der Waals surface area contributed by atoms with Gasteiger partial charge in [0.25, 0.3) is 0 Å². The molecule has 0 spiro atoms. The van der Waals surface area contributed by atoms with Crippen molar-refractivity contribution in [1.82, 2.24) is 0 Å². The Balaban J connectivity index is 0.000000527. The molecule has 0 saturated heterocycles. The Morgan fingerprint density at radius 1 is 0.408 bits per heavy atom. The fourth-order valence-corrected chi connectivity index (χ4v) is 7.18. The van der Waals surface area contributed by atoms with Gasteiger partial charge in [-0.2, -0.15) is 0 Å². The lowest BCUT2D eigenvalue weighted by Crippen LogP contribution is -2.17. The summed E-state index contributed by atoms with van der Waals surface area (Å²) in [6.45, 7) is 4.70. The van der Waals surface area contributed by atoms with Crippen LogP contribution in [0.2, 0.25) is 0 Å². The standard InChI is InChI=1S/C41H32N2.C6H6/c1-41(2)37-19-11-10-18-36(37)40-38(41)26-35(27-39(40)42-32-22-20-28-12-6-8-14-30(28)24-32)43(33-16-4-3-5-17-33)34-23-21-29-13-7-9-15-31(29)25-34;1-2-4-6-5-3-1/h3-27,42H,1-2H3;1-6H. The maximum absolute atomic E-state index is 3.88. The van der Waals surface area contributed by atoms with E-state index in [1.807, 2.05) is 36.4 Å². The van der Waals surface area contributed by atoms with Gasteiger partial charge in [-0.3, -0.25) is 0 Å². The lowest BCUT2D eigenvalue weighted by molar-refractivity contribution is 0.660. The number of hydrogen-bond donors (Lipinski definition) is 1. The predicted octanol–water partition coefficient (Wildman–Crippen LogP) is 13.2. The summed E-state index contributed by atoms with van der Waals surface area (Å²) in [5, 5.41) is 8.81. The van der Waals surface area contributed by atoms with Crippen molar-refractivity contribution in [1.29, 1.82) is 0 Å². The van der Waals surface area contributed by atoms with Crippen LogP contribution in [0.25, 0.3) is 32.7 Å². The van der Waals surface area contributed by atoms with Gasteiger partial charge in [0, 0.05) is 39.4 Å². The van der Waals surface area contributed by atoms with Crippen LogP contribution < -0.4 is 10.2 Å². The van der Waals surface area contributed by atoms with E-state index in [0.29, 0.717) is 0 Å². The van der Waals surface area contributed by atoms with Crippen molar-refractivity contribution < 1.29 is 0 Å². The smallest absolute Gasteiger partial charge is 0.0488 e. The van der Waals surface area contributed by atoms with Gasteiger partial charge in [0.1, 0.15) is 0 Å². The molecule has 8 aromatic rings. The van der Waals surface area contributed by atoms with Crippen LogP contribution in [-0.4, -0.2) is 0 Å². The average molecular weight is 631 g/mol. The van der Waals surface area contributed by atoms with Gasteiger partial charge in [0.2, 0.25) is 0 Å². The summed E-state index contributed by atoms with van der Waals surface area (Å²) in [6.07, 6.45) is 0. The third kappa shape index (κ3) is 5.83. The molecule has 0 fully saturated rings. The summed E-state index contributed by atoms with van der Waals surface area (Å²) in [4.78, 5) is 2.39. The Morgan fingerprint density at radius 2 is 0.959 bits per heavy atom. The van der Waals surface area contributed by atoms with Crippen LogP contribution in [0.15, 0.2) is 188 Å². The molecule has 236 valence electrons. The first-order valence-electron chi connectivity index (χ1n) is 16.9. The van der Waals surface area contributed by atoms with Crippen molar-refractivity contribution in [2.45, 2.75) is 19.3 Å². The van der Waals surface area contributed by atoms with Crippen molar-refractivity contribution in [3.63, 3.8) is 0 Å². The molecule has 0 saturated carbocycles. The molecule has 0 unspecified atom stereocenters. The van der Waals surface area contributed by atoms with Gasteiger partial charge in [0.05, 0.1) is 0 Å². The second-order valence-electron chi connectivity index (χ2n) is 13.1. The number of hydrogen-bond acceptors (Lipinski definition) is 2. The number of rotatable bonds is 5. The Hall–Kier alpha value is -6.12. The van der Waals surface area contributed by atoms with Crippen molar-refractivity contribution in [3.05, 3.63) is 199 Å². The molecular formula is C47H38N2. The van der Waals surface area contributed by atoms with E-state index in [4.69, 9.17) is 0 Å². The number of anilines is 5. The van der Waals surface area contributed by atoms with Gasteiger partial charge in [-0.05, 0) is 86.8 Å².